The van der Waals surface area contributed by atoms with Crippen molar-refractivity contribution in [3.63, 3.8) is 0 Å². The highest BCUT2D eigenvalue weighted by Crippen LogP contribution is 2.28. The average molecular weight is 501 g/mol. The number of benzene rings is 1. The Hall–Kier alpha value is -3.30. The molecular formula is C26H32N2O6S. The standard InChI is InChI=1S/C26H32N2O6S/c1-19-7-9-21(35-19)17-27(12-11-20-8-10-22(32-3)24(16-20)33-4)25(29)18-28(13-15-31-2)26(30)23-6-5-14-34-23/h5-10,14,16H,11-13,15,17-18H2,1-4H3. The maximum Gasteiger partial charge on any atom is 0.290 e. The lowest BCUT2D eigenvalue weighted by molar-refractivity contribution is -0.132. The number of nitrogens with zero attached hydrogens (tertiary/aromatic N) is 2. The number of amides is 2. The van der Waals surface area contributed by atoms with Gasteiger partial charge in [0.05, 0.1) is 33.6 Å². The fourth-order valence-corrected chi connectivity index (χ4v) is 4.53. The lowest BCUT2D eigenvalue weighted by Gasteiger charge is -2.27. The molecule has 0 aliphatic rings. The molecule has 0 aliphatic heterocycles. The molecule has 0 saturated heterocycles. The number of ether oxygens (including phenoxy) is 3. The number of hydrogen-bond donors (Lipinski definition) is 0. The summed E-state index contributed by atoms with van der Waals surface area (Å²) < 4.78 is 21.2. The molecule has 0 bridgehead atoms. The molecule has 0 fully saturated rings. The Morgan fingerprint density at radius 2 is 1.77 bits per heavy atom. The topological polar surface area (TPSA) is 81.5 Å². The third kappa shape index (κ3) is 7.34. The smallest absolute Gasteiger partial charge is 0.290 e. The van der Waals surface area contributed by atoms with Gasteiger partial charge in [0.25, 0.3) is 5.91 Å². The summed E-state index contributed by atoms with van der Waals surface area (Å²) in [4.78, 5) is 31.9. The molecule has 1 aromatic carbocycles. The summed E-state index contributed by atoms with van der Waals surface area (Å²) in [7, 11) is 4.76. The minimum atomic E-state index is -0.341. The maximum absolute atomic E-state index is 13.5. The largest absolute Gasteiger partial charge is 0.493 e. The van der Waals surface area contributed by atoms with E-state index in [1.807, 2.05) is 37.3 Å². The second-order valence-electron chi connectivity index (χ2n) is 7.96. The van der Waals surface area contributed by atoms with Crippen LogP contribution in [0.2, 0.25) is 0 Å². The highest BCUT2D eigenvalue weighted by Gasteiger charge is 2.24. The number of furan rings is 1. The number of methoxy groups -OCH3 is 3. The van der Waals surface area contributed by atoms with E-state index in [1.54, 1.807) is 49.7 Å². The molecule has 0 spiro atoms. The summed E-state index contributed by atoms with van der Waals surface area (Å²) in [5.41, 5.74) is 1.02. The van der Waals surface area contributed by atoms with E-state index in [0.717, 1.165) is 10.4 Å². The number of thiophene rings is 1. The lowest BCUT2D eigenvalue weighted by atomic mass is 10.1. The monoisotopic (exact) mass is 500 g/mol. The Bertz CT molecular complexity index is 1100. The minimum absolute atomic E-state index is 0.0703. The van der Waals surface area contributed by atoms with Crippen LogP contribution in [0.15, 0.2) is 53.1 Å². The second-order valence-corrected chi connectivity index (χ2v) is 9.34. The van der Waals surface area contributed by atoms with Crippen molar-refractivity contribution in [3.8, 4) is 11.5 Å². The van der Waals surface area contributed by atoms with Gasteiger partial charge in [-0.2, -0.15) is 0 Å². The Balaban J connectivity index is 1.76. The number of rotatable bonds is 13. The van der Waals surface area contributed by atoms with Crippen LogP contribution < -0.4 is 9.47 Å². The van der Waals surface area contributed by atoms with Gasteiger partial charge in [-0.15, -0.1) is 11.3 Å². The van der Waals surface area contributed by atoms with Crippen LogP contribution in [0, 0.1) is 6.92 Å². The van der Waals surface area contributed by atoms with Crippen LogP contribution in [0.3, 0.4) is 0 Å². The lowest BCUT2D eigenvalue weighted by Crippen LogP contribution is -2.44. The summed E-state index contributed by atoms with van der Waals surface area (Å²) >= 11 is 1.66. The molecule has 0 atom stereocenters. The van der Waals surface area contributed by atoms with Gasteiger partial charge in [-0.25, -0.2) is 0 Å². The van der Waals surface area contributed by atoms with Gasteiger partial charge in [0.15, 0.2) is 17.3 Å². The number of carbonyl (C=O) groups excluding carboxylic acids is 2. The van der Waals surface area contributed by atoms with Crippen molar-refractivity contribution in [3.05, 3.63) is 69.8 Å². The Labute approximate surface area is 210 Å². The molecule has 188 valence electrons. The van der Waals surface area contributed by atoms with E-state index < -0.39 is 0 Å². The summed E-state index contributed by atoms with van der Waals surface area (Å²) in [6, 6.07) is 13.1. The zero-order chi connectivity index (χ0) is 25.2. The Morgan fingerprint density at radius 3 is 2.40 bits per heavy atom. The predicted molar refractivity (Wildman–Crippen MR) is 134 cm³/mol. The van der Waals surface area contributed by atoms with Crippen LogP contribution in [0.4, 0.5) is 0 Å². The van der Waals surface area contributed by atoms with Crippen molar-refractivity contribution in [2.45, 2.75) is 19.9 Å². The zero-order valence-corrected chi connectivity index (χ0v) is 21.4. The first kappa shape index (κ1) is 26.3. The molecule has 35 heavy (non-hydrogen) atoms. The quantitative estimate of drug-likeness (QED) is 0.353. The van der Waals surface area contributed by atoms with Crippen molar-refractivity contribution < 1.29 is 28.2 Å². The molecule has 0 unspecified atom stereocenters. The number of hydrogen-bond acceptors (Lipinski definition) is 7. The fourth-order valence-electron chi connectivity index (χ4n) is 3.62. The first-order chi connectivity index (χ1) is 16.9. The van der Waals surface area contributed by atoms with Crippen molar-refractivity contribution >= 4 is 23.2 Å². The molecule has 8 nitrogen and oxygen atoms in total. The highest BCUT2D eigenvalue weighted by molar-refractivity contribution is 7.11. The van der Waals surface area contributed by atoms with Gasteiger partial charge in [-0.3, -0.25) is 9.59 Å². The predicted octanol–water partition coefficient (Wildman–Crippen LogP) is 4.03. The molecule has 2 amide bonds. The minimum Gasteiger partial charge on any atom is -0.493 e. The molecule has 3 rings (SSSR count). The van der Waals surface area contributed by atoms with Crippen LogP contribution in [0.5, 0.6) is 11.5 Å². The molecule has 9 heteroatoms. The van der Waals surface area contributed by atoms with Crippen LogP contribution in [-0.4, -0.2) is 69.2 Å². The molecule has 3 aromatic rings. The maximum atomic E-state index is 13.5. The first-order valence-corrected chi connectivity index (χ1v) is 12.1. The highest BCUT2D eigenvalue weighted by atomic mass is 32.1. The molecule has 2 heterocycles. The third-order valence-electron chi connectivity index (χ3n) is 5.52. The van der Waals surface area contributed by atoms with Gasteiger partial charge in [-0.05, 0) is 55.3 Å². The van der Waals surface area contributed by atoms with Gasteiger partial charge in [0.2, 0.25) is 5.91 Å². The van der Waals surface area contributed by atoms with Gasteiger partial charge in [0, 0.05) is 30.0 Å². The van der Waals surface area contributed by atoms with Crippen molar-refractivity contribution in [2.24, 2.45) is 0 Å². The molecule has 0 radical (unpaired) electrons. The van der Waals surface area contributed by atoms with E-state index in [-0.39, 0.29) is 30.7 Å². The van der Waals surface area contributed by atoms with Gasteiger partial charge >= 0.3 is 0 Å². The van der Waals surface area contributed by atoms with E-state index in [4.69, 9.17) is 18.6 Å². The zero-order valence-electron chi connectivity index (χ0n) is 20.6. The summed E-state index contributed by atoms with van der Waals surface area (Å²) in [5, 5.41) is 0. The van der Waals surface area contributed by atoms with Gasteiger partial charge in [0.1, 0.15) is 6.54 Å². The number of aryl methyl sites for hydroxylation is 1. The Morgan fingerprint density at radius 1 is 0.971 bits per heavy atom. The normalized spacial score (nSPS) is 10.7. The average Bonchev–Trinajstić information content (AvgIpc) is 3.55. The van der Waals surface area contributed by atoms with Gasteiger partial charge < -0.3 is 28.4 Å². The van der Waals surface area contributed by atoms with Crippen LogP contribution in [0.1, 0.15) is 25.9 Å². The first-order valence-electron chi connectivity index (χ1n) is 11.3. The fraction of sp³-hybridized carbons (Fsp3) is 0.385. The van der Waals surface area contributed by atoms with Crippen molar-refractivity contribution in [1.29, 1.82) is 0 Å². The molecular weight excluding hydrogens is 468 g/mol. The molecule has 2 aromatic heterocycles. The molecule has 0 N–H and O–H groups in total. The van der Waals surface area contributed by atoms with E-state index in [9.17, 15) is 9.59 Å². The van der Waals surface area contributed by atoms with Crippen LogP contribution in [0.25, 0.3) is 0 Å². The van der Waals surface area contributed by atoms with E-state index >= 15 is 0 Å². The molecule has 0 saturated carbocycles. The third-order valence-corrected chi connectivity index (χ3v) is 6.51. The van der Waals surface area contributed by atoms with Crippen LogP contribution in [-0.2, 0) is 22.5 Å². The second kappa shape index (κ2) is 13.0. The van der Waals surface area contributed by atoms with Crippen molar-refractivity contribution in [1.82, 2.24) is 9.80 Å². The van der Waals surface area contributed by atoms with E-state index in [1.165, 1.54) is 16.0 Å². The summed E-state index contributed by atoms with van der Waals surface area (Å²) in [6.45, 7) is 3.52. The summed E-state index contributed by atoms with van der Waals surface area (Å²) in [6.07, 6.45) is 2.07. The van der Waals surface area contributed by atoms with Gasteiger partial charge in [-0.1, -0.05) is 6.07 Å². The van der Waals surface area contributed by atoms with Crippen molar-refractivity contribution in [2.75, 3.05) is 47.6 Å². The Kier molecular flexibility index (Phi) is 9.75. The molecule has 0 aliphatic carbocycles. The van der Waals surface area contributed by atoms with E-state index in [2.05, 4.69) is 0 Å². The summed E-state index contributed by atoms with van der Waals surface area (Å²) in [5.74, 6) is 1.01. The SMILES string of the molecule is COCCN(CC(=O)N(CCc1ccc(OC)c(OC)c1)Cc1ccc(C)s1)C(=O)c1ccco1. The van der Waals surface area contributed by atoms with Crippen LogP contribution >= 0.6 is 11.3 Å². The number of carbonyl (C=O) groups is 2. The van der Waals surface area contributed by atoms with E-state index in [0.29, 0.717) is 37.6 Å².